The van der Waals surface area contributed by atoms with Crippen LogP contribution < -0.4 is 5.73 Å². The van der Waals surface area contributed by atoms with Crippen molar-refractivity contribution in [2.75, 3.05) is 0 Å². The van der Waals surface area contributed by atoms with E-state index in [1.54, 1.807) is 12.1 Å². The van der Waals surface area contributed by atoms with E-state index in [4.69, 9.17) is 10.8 Å². The van der Waals surface area contributed by atoms with Crippen LogP contribution in [0.2, 0.25) is 0 Å². The first-order chi connectivity index (χ1) is 6.25. The maximum atomic E-state index is 9.09. The summed E-state index contributed by atoms with van der Waals surface area (Å²) in [5.41, 5.74) is 7.13. The normalized spacial score (nSPS) is 18.5. The van der Waals surface area contributed by atoms with Crippen molar-refractivity contribution in [1.82, 2.24) is 0 Å². The maximum absolute atomic E-state index is 9.09. The van der Waals surface area contributed by atoms with Gasteiger partial charge in [0.1, 0.15) is 5.75 Å². The van der Waals surface area contributed by atoms with E-state index in [9.17, 15) is 0 Å². The zero-order valence-electron chi connectivity index (χ0n) is 7.61. The summed E-state index contributed by atoms with van der Waals surface area (Å²) in [6, 6.07) is 7.35. The predicted octanol–water partition coefficient (Wildman–Crippen LogP) is 2.19. The Bertz CT molecular complexity index is 277. The molecule has 1 aliphatic carbocycles. The highest BCUT2D eigenvalue weighted by molar-refractivity contribution is 5.27. The largest absolute Gasteiger partial charge is 0.508 e. The van der Waals surface area contributed by atoms with E-state index in [-0.39, 0.29) is 6.04 Å². The van der Waals surface area contributed by atoms with E-state index in [0.717, 1.165) is 17.9 Å². The summed E-state index contributed by atoms with van der Waals surface area (Å²) in [5, 5.41) is 9.09. The molecule has 0 unspecified atom stereocenters. The van der Waals surface area contributed by atoms with Crippen molar-refractivity contribution < 1.29 is 5.11 Å². The Labute approximate surface area is 78.4 Å². The summed E-state index contributed by atoms with van der Waals surface area (Å²) in [7, 11) is 0. The molecular formula is C11H15NO. The second-order valence-corrected chi connectivity index (χ2v) is 3.88. The molecule has 0 aromatic heterocycles. The van der Waals surface area contributed by atoms with E-state index >= 15 is 0 Å². The molecule has 1 aromatic carbocycles. The van der Waals surface area contributed by atoms with Crippen LogP contribution in [0.1, 0.15) is 30.9 Å². The van der Waals surface area contributed by atoms with Crippen molar-refractivity contribution in [2.45, 2.75) is 25.3 Å². The first kappa shape index (κ1) is 8.57. The van der Waals surface area contributed by atoms with Gasteiger partial charge in [-0.05, 0) is 30.0 Å². The highest BCUT2D eigenvalue weighted by Crippen LogP contribution is 2.36. The van der Waals surface area contributed by atoms with Gasteiger partial charge in [-0.1, -0.05) is 25.0 Å². The predicted molar refractivity (Wildman–Crippen MR) is 52.4 cm³/mol. The van der Waals surface area contributed by atoms with Gasteiger partial charge < -0.3 is 10.8 Å². The van der Waals surface area contributed by atoms with Crippen molar-refractivity contribution in [3.8, 4) is 5.75 Å². The van der Waals surface area contributed by atoms with Crippen LogP contribution in [0.3, 0.4) is 0 Å². The third-order valence-corrected chi connectivity index (χ3v) is 2.61. The number of nitrogens with two attached hydrogens (primary N) is 1. The number of phenols is 1. The highest BCUT2D eigenvalue weighted by Gasteiger charge is 2.24. The van der Waals surface area contributed by atoms with Gasteiger partial charge in [0.15, 0.2) is 0 Å². The number of hydrogen-bond donors (Lipinski definition) is 2. The van der Waals surface area contributed by atoms with Gasteiger partial charge in [-0.3, -0.25) is 0 Å². The minimum absolute atomic E-state index is 0.146. The lowest BCUT2D eigenvalue weighted by Gasteiger charge is -2.10. The molecule has 2 nitrogen and oxygen atoms in total. The second-order valence-electron chi connectivity index (χ2n) is 3.88. The van der Waals surface area contributed by atoms with Gasteiger partial charge in [0, 0.05) is 6.04 Å². The minimum Gasteiger partial charge on any atom is -0.508 e. The van der Waals surface area contributed by atoms with E-state index < -0.39 is 0 Å². The quantitative estimate of drug-likeness (QED) is 0.743. The fourth-order valence-electron chi connectivity index (χ4n) is 1.57. The first-order valence-corrected chi connectivity index (χ1v) is 4.80. The molecule has 1 fully saturated rings. The lowest BCUT2D eigenvalue weighted by atomic mass is 10.0. The summed E-state index contributed by atoms with van der Waals surface area (Å²) in [6.45, 7) is 0. The third-order valence-electron chi connectivity index (χ3n) is 2.61. The van der Waals surface area contributed by atoms with Crippen LogP contribution in [0.5, 0.6) is 5.75 Å². The van der Waals surface area contributed by atoms with Crippen molar-refractivity contribution in [3.63, 3.8) is 0 Å². The fourth-order valence-corrected chi connectivity index (χ4v) is 1.57. The smallest absolute Gasteiger partial charge is 0.115 e. The molecular weight excluding hydrogens is 162 g/mol. The number of rotatable bonds is 3. The molecule has 1 atom stereocenters. The molecule has 0 aliphatic heterocycles. The van der Waals surface area contributed by atoms with E-state index in [1.165, 1.54) is 12.8 Å². The molecule has 1 aliphatic rings. The summed E-state index contributed by atoms with van der Waals surface area (Å²) in [4.78, 5) is 0. The summed E-state index contributed by atoms with van der Waals surface area (Å²) >= 11 is 0. The fraction of sp³-hybridized carbons (Fsp3) is 0.455. The topological polar surface area (TPSA) is 46.2 Å². The first-order valence-electron chi connectivity index (χ1n) is 4.80. The van der Waals surface area contributed by atoms with Gasteiger partial charge in [0.2, 0.25) is 0 Å². The van der Waals surface area contributed by atoms with Crippen LogP contribution in [-0.4, -0.2) is 5.11 Å². The van der Waals surface area contributed by atoms with Crippen molar-refractivity contribution >= 4 is 0 Å². The van der Waals surface area contributed by atoms with Gasteiger partial charge in [0.05, 0.1) is 0 Å². The molecule has 0 spiro atoms. The van der Waals surface area contributed by atoms with Crippen molar-refractivity contribution in [1.29, 1.82) is 0 Å². The van der Waals surface area contributed by atoms with Crippen molar-refractivity contribution in [2.24, 2.45) is 11.7 Å². The molecule has 0 radical (unpaired) electrons. The zero-order valence-corrected chi connectivity index (χ0v) is 7.61. The Hall–Kier alpha value is -1.02. The summed E-state index contributed by atoms with van der Waals surface area (Å²) in [6.07, 6.45) is 3.77. The van der Waals surface area contributed by atoms with Crippen LogP contribution >= 0.6 is 0 Å². The summed E-state index contributed by atoms with van der Waals surface area (Å²) in [5.74, 6) is 1.16. The lowest BCUT2D eigenvalue weighted by molar-refractivity contribution is 0.474. The van der Waals surface area contributed by atoms with E-state index in [0.29, 0.717) is 5.75 Å². The SMILES string of the molecule is N[C@H](CC1CC1)c1ccc(O)cc1. The molecule has 13 heavy (non-hydrogen) atoms. The average Bonchev–Trinajstić information content (AvgIpc) is 2.89. The molecule has 0 heterocycles. The van der Waals surface area contributed by atoms with Gasteiger partial charge in [-0.25, -0.2) is 0 Å². The van der Waals surface area contributed by atoms with Crippen LogP contribution in [0.25, 0.3) is 0 Å². The van der Waals surface area contributed by atoms with Gasteiger partial charge in [0.25, 0.3) is 0 Å². The number of benzene rings is 1. The monoisotopic (exact) mass is 177 g/mol. The van der Waals surface area contributed by atoms with Gasteiger partial charge in [-0.15, -0.1) is 0 Å². The molecule has 3 N–H and O–H groups in total. The van der Waals surface area contributed by atoms with Crippen LogP contribution in [-0.2, 0) is 0 Å². The Morgan fingerprint density at radius 3 is 2.46 bits per heavy atom. The number of aromatic hydroxyl groups is 1. The van der Waals surface area contributed by atoms with Crippen LogP contribution in [0.15, 0.2) is 24.3 Å². The molecule has 2 rings (SSSR count). The third kappa shape index (κ3) is 2.22. The average molecular weight is 177 g/mol. The molecule has 2 heteroatoms. The second kappa shape index (κ2) is 3.38. The lowest BCUT2D eigenvalue weighted by Crippen LogP contribution is -2.10. The standard InChI is InChI=1S/C11H15NO/c12-11(7-8-1-2-8)9-3-5-10(13)6-4-9/h3-6,8,11,13H,1-2,7,12H2/t11-/m1/s1. The molecule has 0 amide bonds. The maximum Gasteiger partial charge on any atom is 0.115 e. The molecule has 1 aromatic rings. The van der Waals surface area contributed by atoms with Gasteiger partial charge >= 0.3 is 0 Å². The number of hydrogen-bond acceptors (Lipinski definition) is 2. The summed E-state index contributed by atoms with van der Waals surface area (Å²) < 4.78 is 0. The number of phenolic OH excluding ortho intramolecular Hbond substituents is 1. The minimum atomic E-state index is 0.146. The zero-order chi connectivity index (χ0) is 9.26. The molecule has 1 saturated carbocycles. The Morgan fingerprint density at radius 1 is 1.31 bits per heavy atom. The van der Waals surface area contributed by atoms with E-state index in [2.05, 4.69) is 0 Å². The Kier molecular flexibility index (Phi) is 2.23. The molecule has 0 saturated heterocycles. The van der Waals surface area contributed by atoms with Gasteiger partial charge in [-0.2, -0.15) is 0 Å². The Morgan fingerprint density at radius 2 is 1.92 bits per heavy atom. The Balaban J connectivity index is 2.01. The van der Waals surface area contributed by atoms with Crippen LogP contribution in [0, 0.1) is 5.92 Å². The van der Waals surface area contributed by atoms with E-state index in [1.807, 2.05) is 12.1 Å². The van der Waals surface area contributed by atoms with Crippen molar-refractivity contribution in [3.05, 3.63) is 29.8 Å². The molecule has 0 bridgehead atoms. The highest BCUT2D eigenvalue weighted by atomic mass is 16.3. The molecule has 70 valence electrons. The van der Waals surface area contributed by atoms with Crippen LogP contribution in [0.4, 0.5) is 0 Å².